The molecular formula is C16H13F2N5O3S. The highest BCUT2D eigenvalue weighted by molar-refractivity contribution is 7.98. The number of nitrogens with zero attached hydrogens (tertiary/aromatic N) is 4. The summed E-state index contributed by atoms with van der Waals surface area (Å²) in [6.45, 7) is -2.90. The molecule has 0 saturated heterocycles. The first kappa shape index (κ1) is 18.6. The Kier molecular flexibility index (Phi) is 5.50. The minimum absolute atomic E-state index is 0.00844. The number of nitro groups is 1. The van der Waals surface area contributed by atoms with Crippen molar-refractivity contribution in [3.8, 4) is 17.1 Å². The maximum Gasteiger partial charge on any atom is 0.387 e. The van der Waals surface area contributed by atoms with Gasteiger partial charge in [-0.3, -0.25) is 10.1 Å². The van der Waals surface area contributed by atoms with E-state index >= 15 is 0 Å². The Morgan fingerprint density at radius 2 is 1.96 bits per heavy atom. The molecule has 1 heterocycles. The molecular weight excluding hydrogens is 380 g/mol. The molecule has 0 saturated carbocycles. The number of aromatic nitrogens is 3. The van der Waals surface area contributed by atoms with Gasteiger partial charge in [0.2, 0.25) is 5.16 Å². The van der Waals surface area contributed by atoms with Crippen LogP contribution in [0.5, 0.6) is 5.75 Å². The standard InChI is InChI=1S/C16H13F2N5O3S/c17-15(18)26-13-6-4-11(5-7-13)14-20-21-16(22(14)19)27-9-10-2-1-3-12(8-10)23(24)25/h1-8,15H,9,19H2. The van der Waals surface area contributed by atoms with Crippen molar-refractivity contribution in [1.82, 2.24) is 14.9 Å². The van der Waals surface area contributed by atoms with E-state index in [2.05, 4.69) is 14.9 Å². The van der Waals surface area contributed by atoms with Crippen LogP contribution in [0.2, 0.25) is 0 Å². The smallest absolute Gasteiger partial charge is 0.387 e. The van der Waals surface area contributed by atoms with Gasteiger partial charge in [-0.2, -0.15) is 8.78 Å². The largest absolute Gasteiger partial charge is 0.435 e. The third kappa shape index (κ3) is 4.50. The first-order valence-electron chi connectivity index (χ1n) is 7.56. The van der Waals surface area contributed by atoms with E-state index in [9.17, 15) is 18.9 Å². The molecule has 27 heavy (non-hydrogen) atoms. The summed E-state index contributed by atoms with van der Waals surface area (Å²) in [5.74, 6) is 6.80. The quantitative estimate of drug-likeness (QED) is 0.283. The minimum atomic E-state index is -2.90. The Labute approximate surface area is 156 Å². The Hall–Kier alpha value is -3.21. The molecule has 2 N–H and O–H groups in total. The third-order valence-electron chi connectivity index (χ3n) is 3.49. The van der Waals surface area contributed by atoms with Gasteiger partial charge in [0.25, 0.3) is 5.69 Å². The average molecular weight is 393 g/mol. The number of non-ortho nitro benzene ring substituents is 1. The topological polar surface area (TPSA) is 109 Å². The molecule has 0 aliphatic heterocycles. The zero-order chi connectivity index (χ0) is 19.4. The number of hydrogen-bond acceptors (Lipinski definition) is 7. The van der Waals surface area contributed by atoms with E-state index in [1.807, 2.05) is 0 Å². The summed E-state index contributed by atoms with van der Waals surface area (Å²) in [4.78, 5) is 10.4. The monoisotopic (exact) mass is 393 g/mol. The number of nitrogens with two attached hydrogens (primary N) is 1. The highest BCUT2D eigenvalue weighted by Gasteiger charge is 2.14. The van der Waals surface area contributed by atoms with Crippen molar-refractivity contribution in [1.29, 1.82) is 0 Å². The van der Waals surface area contributed by atoms with Gasteiger partial charge < -0.3 is 10.6 Å². The number of thioether (sulfide) groups is 1. The lowest BCUT2D eigenvalue weighted by molar-refractivity contribution is -0.384. The van der Waals surface area contributed by atoms with Gasteiger partial charge in [0.1, 0.15) is 5.75 Å². The molecule has 11 heteroatoms. The maximum absolute atomic E-state index is 12.2. The van der Waals surface area contributed by atoms with Crippen molar-refractivity contribution < 1.29 is 18.4 Å². The van der Waals surface area contributed by atoms with Crippen molar-refractivity contribution in [2.75, 3.05) is 5.84 Å². The predicted octanol–water partition coefficient (Wildman–Crippen LogP) is 3.46. The van der Waals surface area contributed by atoms with Crippen molar-refractivity contribution in [3.05, 3.63) is 64.2 Å². The summed E-state index contributed by atoms with van der Waals surface area (Å²) in [6.07, 6.45) is 0. The van der Waals surface area contributed by atoms with Crippen molar-refractivity contribution >= 4 is 17.4 Å². The first-order valence-corrected chi connectivity index (χ1v) is 8.54. The third-order valence-corrected chi connectivity index (χ3v) is 4.51. The van der Waals surface area contributed by atoms with Crippen LogP contribution in [0.15, 0.2) is 53.7 Å². The van der Waals surface area contributed by atoms with Gasteiger partial charge in [0, 0.05) is 23.4 Å². The number of ether oxygens (including phenoxy) is 1. The second-order valence-electron chi connectivity index (χ2n) is 5.29. The van der Waals surface area contributed by atoms with Gasteiger partial charge in [0.15, 0.2) is 5.82 Å². The van der Waals surface area contributed by atoms with E-state index < -0.39 is 11.5 Å². The van der Waals surface area contributed by atoms with Crippen LogP contribution in [-0.4, -0.2) is 26.4 Å². The highest BCUT2D eigenvalue weighted by Crippen LogP contribution is 2.27. The molecule has 8 nitrogen and oxygen atoms in total. The molecule has 140 valence electrons. The fourth-order valence-corrected chi connectivity index (χ4v) is 3.06. The van der Waals surface area contributed by atoms with Crippen LogP contribution in [0.1, 0.15) is 5.56 Å². The van der Waals surface area contributed by atoms with Crippen LogP contribution in [-0.2, 0) is 5.75 Å². The summed E-state index contributed by atoms with van der Waals surface area (Å²) in [5.41, 5.74) is 1.33. The lowest BCUT2D eigenvalue weighted by Crippen LogP contribution is -2.11. The number of halogens is 2. The fourth-order valence-electron chi connectivity index (χ4n) is 2.27. The van der Waals surface area contributed by atoms with Crippen LogP contribution in [0.3, 0.4) is 0 Å². The molecule has 0 radical (unpaired) electrons. The van der Waals surface area contributed by atoms with E-state index in [1.54, 1.807) is 24.3 Å². The van der Waals surface area contributed by atoms with Gasteiger partial charge in [-0.1, -0.05) is 23.9 Å². The molecule has 0 fully saturated rings. The van der Waals surface area contributed by atoms with Gasteiger partial charge >= 0.3 is 6.61 Å². The van der Waals surface area contributed by atoms with E-state index in [0.717, 1.165) is 5.56 Å². The number of alkyl halides is 2. The summed E-state index contributed by atoms with van der Waals surface area (Å²) < 4.78 is 30.0. The van der Waals surface area contributed by atoms with E-state index in [0.29, 0.717) is 22.3 Å². The van der Waals surface area contributed by atoms with E-state index in [-0.39, 0.29) is 11.4 Å². The van der Waals surface area contributed by atoms with Crippen LogP contribution in [0.25, 0.3) is 11.4 Å². The van der Waals surface area contributed by atoms with Gasteiger partial charge in [-0.25, -0.2) is 4.68 Å². The molecule has 0 spiro atoms. The van der Waals surface area contributed by atoms with Gasteiger partial charge in [-0.15, -0.1) is 10.2 Å². The molecule has 0 aliphatic rings. The van der Waals surface area contributed by atoms with Crippen LogP contribution < -0.4 is 10.6 Å². The molecule has 0 aliphatic carbocycles. The Bertz CT molecular complexity index is 949. The lowest BCUT2D eigenvalue weighted by atomic mass is 10.2. The Morgan fingerprint density at radius 1 is 1.22 bits per heavy atom. The number of benzene rings is 2. The number of nitrogen functional groups attached to an aromatic ring is 1. The first-order chi connectivity index (χ1) is 12.9. The maximum atomic E-state index is 12.2. The van der Waals surface area contributed by atoms with E-state index in [1.165, 1.54) is 40.7 Å². The molecule has 1 aromatic heterocycles. The fraction of sp³-hybridized carbons (Fsp3) is 0.125. The average Bonchev–Trinajstić information content (AvgIpc) is 3.01. The lowest BCUT2D eigenvalue weighted by Gasteiger charge is -2.06. The SMILES string of the molecule is Nn1c(SCc2cccc([N+](=O)[O-])c2)nnc1-c1ccc(OC(F)F)cc1. The van der Waals surface area contributed by atoms with Crippen molar-refractivity contribution in [2.24, 2.45) is 0 Å². The number of rotatable bonds is 7. The van der Waals surface area contributed by atoms with Gasteiger partial charge in [-0.05, 0) is 29.8 Å². The number of nitro benzene ring substituents is 1. The molecule has 3 aromatic rings. The Balaban J connectivity index is 1.72. The number of hydrogen-bond donors (Lipinski definition) is 1. The van der Waals surface area contributed by atoms with Crippen LogP contribution in [0, 0.1) is 10.1 Å². The summed E-state index contributed by atoms with van der Waals surface area (Å²) >= 11 is 1.27. The zero-order valence-corrected chi connectivity index (χ0v) is 14.5. The normalized spacial score (nSPS) is 10.9. The molecule has 2 aromatic carbocycles. The second-order valence-corrected chi connectivity index (χ2v) is 6.24. The molecule has 0 amide bonds. The van der Waals surface area contributed by atoms with Crippen LogP contribution >= 0.6 is 11.8 Å². The summed E-state index contributed by atoms with van der Waals surface area (Å²) in [7, 11) is 0. The van der Waals surface area contributed by atoms with E-state index in [4.69, 9.17) is 5.84 Å². The van der Waals surface area contributed by atoms with Crippen LogP contribution in [0.4, 0.5) is 14.5 Å². The molecule has 3 rings (SSSR count). The van der Waals surface area contributed by atoms with Gasteiger partial charge in [0.05, 0.1) is 4.92 Å². The summed E-state index contributed by atoms with van der Waals surface area (Å²) in [5, 5.41) is 19.2. The molecule has 0 bridgehead atoms. The molecule has 0 atom stereocenters. The summed E-state index contributed by atoms with van der Waals surface area (Å²) in [6, 6.07) is 12.1. The molecule has 0 unspecified atom stereocenters. The predicted molar refractivity (Wildman–Crippen MR) is 94.9 cm³/mol. The van der Waals surface area contributed by atoms with Crippen molar-refractivity contribution in [3.63, 3.8) is 0 Å². The highest BCUT2D eigenvalue weighted by atomic mass is 32.2. The second kappa shape index (κ2) is 7.99. The van der Waals surface area contributed by atoms with Crippen molar-refractivity contribution in [2.45, 2.75) is 17.5 Å². The zero-order valence-electron chi connectivity index (χ0n) is 13.7. The Morgan fingerprint density at radius 3 is 2.63 bits per heavy atom. The minimum Gasteiger partial charge on any atom is -0.435 e.